The van der Waals surface area contributed by atoms with Gasteiger partial charge in [-0.1, -0.05) is 12.1 Å². The summed E-state index contributed by atoms with van der Waals surface area (Å²) in [5, 5.41) is -0.00802. The summed E-state index contributed by atoms with van der Waals surface area (Å²) in [5.41, 5.74) is 3.39. The van der Waals surface area contributed by atoms with Crippen LogP contribution in [0.5, 0.6) is 0 Å². The van der Waals surface area contributed by atoms with Crippen LogP contribution >= 0.6 is 11.6 Å². The zero-order valence-electron chi connectivity index (χ0n) is 11.8. The molecule has 0 saturated carbocycles. The van der Waals surface area contributed by atoms with Crippen LogP contribution in [0, 0.1) is 0 Å². The van der Waals surface area contributed by atoms with Crippen molar-refractivity contribution in [3.8, 4) is 0 Å². The van der Waals surface area contributed by atoms with Crippen LogP contribution in [0.1, 0.15) is 42.2 Å². The molecule has 108 valence electrons. The third-order valence-corrected chi connectivity index (χ3v) is 4.73. The SMILES string of the molecule is CN1C(=O)CCc2cc(C(Cl)CC3CCCO3)ccc21. The molecule has 1 aromatic rings. The standard InChI is InChI=1S/C16H20ClNO2/c1-18-15-6-4-11(9-12(15)5-7-16(18)19)14(17)10-13-3-2-8-20-13/h4,6,9,13-14H,2-3,5,7-8,10H2,1H3. The third kappa shape index (κ3) is 2.70. The topological polar surface area (TPSA) is 29.5 Å². The Morgan fingerprint density at radius 1 is 1.45 bits per heavy atom. The number of carbonyl (C=O) groups is 1. The number of ether oxygens (including phenoxy) is 1. The number of halogens is 1. The Morgan fingerprint density at radius 2 is 2.30 bits per heavy atom. The van der Waals surface area contributed by atoms with E-state index in [1.807, 2.05) is 19.2 Å². The molecule has 3 rings (SSSR count). The predicted octanol–water partition coefficient (Wildman–Crippen LogP) is 3.44. The van der Waals surface area contributed by atoms with E-state index in [0.717, 1.165) is 43.5 Å². The molecule has 0 radical (unpaired) electrons. The number of hydrogen-bond donors (Lipinski definition) is 0. The van der Waals surface area contributed by atoms with Gasteiger partial charge in [-0.2, -0.15) is 0 Å². The minimum Gasteiger partial charge on any atom is -0.378 e. The maximum atomic E-state index is 11.7. The minimum absolute atomic E-state index is 0.00802. The molecular formula is C16H20ClNO2. The summed E-state index contributed by atoms with van der Waals surface area (Å²) in [6.07, 6.45) is 4.84. The summed E-state index contributed by atoms with van der Waals surface area (Å²) < 4.78 is 5.65. The molecule has 20 heavy (non-hydrogen) atoms. The van der Waals surface area contributed by atoms with Crippen molar-refractivity contribution in [2.24, 2.45) is 0 Å². The number of amides is 1. The summed E-state index contributed by atoms with van der Waals surface area (Å²) in [5.74, 6) is 0.187. The number of benzene rings is 1. The van der Waals surface area contributed by atoms with Gasteiger partial charge in [0.2, 0.25) is 5.91 Å². The summed E-state index contributed by atoms with van der Waals surface area (Å²) >= 11 is 6.53. The van der Waals surface area contributed by atoms with Gasteiger partial charge in [0.05, 0.1) is 11.5 Å². The number of carbonyl (C=O) groups excluding carboxylic acids is 1. The van der Waals surface area contributed by atoms with Gasteiger partial charge in [0.1, 0.15) is 0 Å². The van der Waals surface area contributed by atoms with E-state index in [4.69, 9.17) is 16.3 Å². The number of aryl methyl sites for hydroxylation is 1. The van der Waals surface area contributed by atoms with E-state index in [9.17, 15) is 4.79 Å². The molecule has 3 nitrogen and oxygen atoms in total. The number of rotatable bonds is 3. The smallest absolute Gasteiger partial charge is 0.227 e. The molecule has 1 fully saturated rings. The summed E-state index contributed by atoms with van der Waals surface area (Å²) in [6, 6.07) is 6.22. The summed E-state index contributed by atoms with van der Waals surface area (Å²) in [4.78, 5) is 13.4. The van der Waals surface area contributed by atoms with Crippen LogP contribution in [-0.4, -0.2) is 25.7 Å². The first-order valence-corrected chi connectivity index (χ1v) is 7.74. The summed E-state index contributed by atoms with van der Waals surface area (Å²) in [6.45, 7) is 0.866. The molecule has 2 unspecified atom stereocenters. The van der Waals surface area contributed by atoms with Crippen molar-refractivity contribution in [1.29, 1.82) is 0 Å². The maximum Gasteiger partial charge on any atom is 0.227 e. The number of anilines is 1. The van der Waals surface area contributed by atoms with Crippen molar-refractivity contribution >= 4 is 23.2 Å². The van der Waals surface area contributed by atoms with Gasteiger partial charge in [-0.25, -0.2) is 0 Å². The molecule has 2 aliphatic heterocycles. The second-order valence-electron chi connectivity index (χ2n) is 5.68. The lowest BCUT2D eigenvalue weighted by atomic mass is 9.96. The number of nitrogens with zero attached hydrogens (tertiary/aromatic N) is 1. The number of fused-ring (bicyclic) bond motifs is 1. The molecule has 0 N–H and O–H groups in total. The molecule has 0 spiro atoms. The fraction of sp³-hybridized carbons (Fsp3) is 0.562. The van der Waals surface area contributed by atoms with Crippen molar-refractivity contribution in [3.05, 3.63) is 29.3 Å². The highest BCUT2D eigenvalue weighted by Crippen LogP contribution is 2.34. The monoisotopic (exact) mass is 293 g/mol. The van der Waals surface area contributed by atoms with E-state index in [2.05, 4.69) is 6.07 Å². The van der Waals surface area contributed by atoms with Crippen molar-refractivity contribution in [1.82, 2.24) is 0 Å². The first kappa shape index (κ1) is 13.9. The third-order valence-electron chi connectivity index (χ3n) is 4.30. The maximum absolute atomic E-state index is 11.7. The van der Waals surface area contributed by atoms with Gasteiger partial charge in [0.25, 0.3) is 0 Å². The molecule has 1 amide bonds. The highest BCUT2D eigenvalue weighted by molar-refractivity contribution is 6.20. The lowest BCUT2D eigenvalue weighted by Gasteiger charge is -2.27. The lowest BCUT2D eigenvalue weighted by Crippen LogP contribution is -2.31. The lowest BCUT2D eigenvalue weighted by molar-refractivity contribution is -0.118. The molecule has 2 aliphatic rings. The molecule has 4 heteroatoms. The Labute approximate surface area is 124 Å². The van der Waals surface area contributed by atoms with Crippen molar-refractivity contribution in [3.63, 3.8) is 0 Å². The quantitative estimate of drug-likeness (QED) is 0.799. The molecule has 2 heterocycles. The molecule has 1 saturated heterocycles. The highest BCUT2D eigenvalue weighted by atomic mass is 35.5. The van der Waals surface area contributed by atoms with Crippen LogP contribution in [0.15, 0.2) is 18.2 Å². The van der Waals surface area contributed by atoms with Gasteiger partial charge in [-0.15, -0.1) is 11.6 Å². The van der Waals surface area contributed by atoms with Crippen LogP contribution in [0.4, 0.5) is 5.69 Å². The van der Waals surface area contributed by atoms with Gasteiger partial charge in [-0.3, -0.25) is 4.79 Å². The van der Waals surface area contributed by atoms with Crippen LogP contribution < -0.4 is 4.90 Å². The van der Waals surface area contributed by atoms with Gasteiger partial charge in [-0.05, 0) is 42.9 Å². The molecule has 0 aliphatic carbocycles. The Morgan fingerprint density at radius 3 is 3.05 bits per heavy atom. The Balaban J connectivity index is 1.76. The van der Waals surface area contributed by atoms with Crippen LogP contribution in [0.25, 0.3) is 0 Å². The van der Waals surface area contributed by atoms with E-state index in [-0.39, 0.29) is 11.3 Å². The Hall–Kier alpha value is -1.06. The predicted molar refractivity (Wildman–Crippen MR) is 80.4 cm³/mol. The van der Waals surface area contributed by atoms with Crippen molar-refractivity contribution in [2.75, 3.05) is 18.6 Å². The Kier molecular flexibility index (Phi) is 3.99. The van der Waals surface area contributed by atoms with Crippen molar-refractivity contribution < 1.29 is 9.53 Å². The largest absolute Gasteiger partial charge is 0.378 e. The van der Waals surface area contributed by atoms with Crippen LogP contribution in [0.2, 0.25) is 0 Å². The Bertz CT molecular complexity index is 511. The molecule has 0 aromatic heterocycles. The molecule has 0 bridgehead atoms. The summed E-state index contributed by atoms with van der Waals surface area (Å²) in [7, 11) is 1.84. The van der Waals surface area contributed by atoms with E-state index in [0.29, 0.717) is 12.5 Å². The van der Waals surface area contributed by atoms with Gasteiger partial charge in [0.15, 0.2) is 0 Å². The van der Waals surface area contributed by atoms with Crippen molar-refractivity contribution in [2.45, 2.75) is 43.6 Å². The second-order valence-corrected chi connectivity index (χ2v) is 6.21. The van der Waals surface area contributed by atoms with E-state index >= 15 is 0 Å². The van der Waals surface area contributed by atoms with E-state index < -0.39 is 0 Å². The minimum atomic E-state index is -0.00802. The molecular weight excluding hydrogens is 274 g/mol. The van der Waals surface area contributed by atoms with Gasteiger partial charge < -0.3 is 9.64 Å². The van der Waals surface area contributed by atoms with Crippen LogP contribution in [0.3, 0.4) is 0 Å². The zero-order chi connectivity index (χ0) is 14.1. The fourth-order valence-corrected chi connectivity index (χ4v) is 3.40. The van der Waals surface area contributed by atoms with Gasteiger partial charge >= 0.3 is 0 Å². The fourth-order valence-electron chi connectivity index (χ4n) is 3.07. The number of hydrogen-bond acceptors (Lipinski definition) is 2. The van der Waals surface area contributed by atoms with E-state index in [1.54, 1.807) is 4.90 Å². The highest BCUT2D eigenvalue weighted by Gasteiger charge is 2.24. The van der Waals surface area contributed by atoms with Gasteiger partial charge in [0, 0.05) is 25.8 Å². The zero-order valence-corrected chi connectivity index (χ0v) is 12.5. The first-order chi connectivity index (χ1) is 9.65. The van der Waals surface area contributed by atoms with Crippen LogP contribution in [-0.2, 0) is 16.0 Å². The average Bonchev–Trinajstić information content (AvgIpc) is 2.95. The van der Waals surface area contributed by atoms with E-state index in [1.165, 1.54) is 5.56 Å². The number of alkyl halides is 1. The average molecular weight is 294 g/mol. The molecule has 1 aromatic carbocycles. The normalized spacial score (nSPS) is 23.8. The first-order valence-electron chi connectivity index (χ1n) is 7.30. The second kappa shape index (κ2) is 5.74. The molecule has 2 atom stereocenters.